The minimum atomic E-state index is -2.22. The SMILES string of the molecule is C=C(CCC1CCC([Si](C)(C)C2CCCC2)C1)C[Si](c1ccccc1)(c1ccccc1)c1ccccc1. The Balaban J connectivity index is 1.34. The minimum absolute atomic E-state index is 0.913. The third kappa shape index (κ3) is 5.66. The van der Waals surface area contributed by atoms with E-state index in [4.69, 9.17) is 6.58 Å². The van der Waals surface area contributed by atoms with Gasteiger partial charge < -0.3 is 0 Å². The van der Waals surface area contributed by atoms with Crippen LogP contribution in [0.3, 0.4) is 0 Å². The van der Waals surface area contributed by atoms with E-state index < -0.39 is 16.1 Å². The smallest absolute Gasteiger partial charge is 0.100 e. The highest BCUT2D eigenvalue weighted by Crippen LogP contribution is 2.52. The average Bonchev–Trinajstić information content (AvgIpc) is 3.66. The van der Waals surface area contributed by atoms with Crippen LogP contribution in [0, 0.1) is 5.92 Å². The zero-order valence-electron chi connectivity index (χ0n) is 23.2. The second-order valence-electron chi connectivity index (χ2n) is 12.6. The summed E-state index contributed by atoms with van der Waals surface area (Å²) in [5.74, 6) is 0.913. The van der Waals surface area contributed by atoms with E-state index in [-0.39, 0.29) is 0 Å². The van der Waals surface area contributed by atoms with E-state index in [0.717, 1.165) is 23.0 Å². The largest absolute Gasteiger partial charge is 0.152 e. The van der Waals surface area contributed by atoms with Crippen LogP contribution in [-0.2, 0) is 0 Å². The molecule has 3 aromatic carbocycles. The van der Waals surface area contributed by atoms with Crippen molar-refractivity contribution < 1.29 is 0 Å². The zero-order chi connectivity index (χ0) is 25.7. The fourth-order valence-electron chi connectivity index (χ4n) is 7.86. The van der Waals surface area contributed by atoms with Gasteiger partial charge in [0.25, 0.3) is 0 Å². The zero-order valence-corrected chi connectivity index (χ0v) is 25.2. The van der Waals surface area contributed by atoms with Crippen molar-refractivity contribution in [2.75, 3.05) is 0 Å². The number of rotatable bonds is 10. The van der Waals surface area contributed by atoms with Gasteiger partial charge in [-0.05, 0) is 57.9 Å². The molecule has 37 heavy (non-hydrogen) atoms. The van der Waals surface area contributed by atoms with Crippen molar-refractivity contribution >= 4 is 31.7 Å². The lowest BCUT2D eigenvalue weighted by Crippen LogP contribution is -2.67. The van der Waals surface area contributed by atoms with E-state index in [1.807, 2.05) is 0 Å². The van der Waals surface area contributed by atoms with Gasteiger partial charge in [0.1, 0.15) is 0 Å². The highest BCUT2D eigenvalue weighted by Gasteiger charge is 2.43. The minimum Gasteiger partial charge on any atom is -0.100 e. The van der Waals surface area contributed by atoms with Crippen molar-refractivity contribution in [2.45, 2.75) is 88.0 Å². The van der Waals surface area contributed by atoms with Crippen LogP contribution in [0.15, 0.2) is 103 Å². The number of hydrogen-bond donors (Lipinski definition) is 0. The molecule has 0 N–H and O–H groups in total. The summed E-state index contributed by atoms with van der Waals surface area (Å²) in [5, 5.41) is 4.50. The molecule has 0 bridgehead atoms. The Morgan fingerprint density at radius 1 is 0.676 bits per heavy atom. The van der Waals surface area contributed by atoms with Crippen molar-refractivity contribution in [3.8, 4) is 0 Å². The number of allylic oxidation sites excluding steroid dienone is 1. The highest BCUT2D eigenvalue weighted by molar-refractivity contribution is 7.11. The Hall–Kier alpha value is -2.17. The van der Waals surface area contributed by atoms with Crippen LogP contribution in [0.25, 0.3) is 0 Å². The van der Waals surface area contributed by atoms with E-state index in [2.05, 4.69) is 104 Å². The fourth-order valence-corrected chi connectivity index (χ4v) is 17.1. The first-order chi connectivity index (χ1) is 18.0. The molecule has 0 amide bonds. The van der Waals surface area contributed by atoms with Crippen LogP contribution in [0.4, 0.5) is 0 Å². The first-order valence-corrected chi connectivity index (χ1v) is 20.2. The van der Waals surface area contributed by atoms with Crippen LogP contribution in [0.1, 0.15) is 57.8 Å². The molecule has 0 heterocycles. The van der Waals surface area contributed by atoms with Gasteiger partial charge in [0, 0.05) is 0 Å². The maximum Gasteiger partial charge on any atom is 0.152 e. The molecule has 2 atom stereocenters. The molecule has 2 heteroatoms. The molecule has 3 aromatic rings. The van der Waals surface area contributed by atoms with E-state index in [1.165, 1.54) is 78.9 Å². The molecule has 194 valence electrons. The summed E-state index contributed by atoms with van der Waals surface area (Å²) in [6.45, 7) is 10.2. The Morgan fingerprint density at radius 2 is 1.16 bits per heavy atom. The van der Waals surface area contributed by atoms with Gasteiger partial charge in [0.2, 0.25) is 0 Å². The van der Waals surface area contributed by atoms with Crippen molar-refractivity contribution in [3.05, 3.63) is 103 Å². The second-order valence-corrected chi connectivity index (χ2v) is 21.8. The monoisotopic (exact) mass is 522 g/mol. The topological polar surface area (TPSA) is 0 Å². The third-order valence-electron chi connectivity index (χ3n) is 10.2. The van der Waals surface area contributed by atoms with Crippen molar-refractivity contribution in [2.24, 2.45) is 5.92 Å². The van der Waals surface area contributed by atoms with Crippen LogP contribution >= 0.6 is 0 Å². The quantitative estimate of drug-likeness (QED) is 0.143. The van der Waals surface area contributed by atoms with E-state index in [9.17, 15) is 0 Å². The van der Waals surface area contributed by atoms with Gasteiger partial charge in [-0.1, -0.05) is 148 Å². The van der Waals surface area contributed by atoms with E-state index >= 15 is 0 Å². The van der Waals surface area contributed by atoms with Gasteiger partial charge in [0.05, 0.1) is 8.07 Å². The van der Waals surface area contributed by atoms with Crippen LogP contribution in [-0.4, -0.2) is 16.1 Å². The third-order valence-corrected chi connectivity index (χ3v) is 20.5. The maximum atomic E-state index is 4.75. The fraction of sp³-hybridized carbons (Fsp3) is 0.429. The molecule has 0 radical (unpaired) electrons. The molecule has 2 saturated carbocycles. The normalized spacial score (nSPS) is 20.8. The molecule has 2 aliphatic carbocycles. The predicted molar refractivity (Wildman–Crippen MR) is 168 cm³/mol. The molecule has 0 nitrogen and oxygen atoms in total. The Morgan fingerprint density at radius 3 is 1.65 bits per heavy atom. The molecular formula is C35H46Si2. The summed E-state index contributed by atoms with van der Waals surface area (Å²) in [4.78, 5) is 0. The Bertz CT molecular complexity index is 1030. The summed E-state index contributed by atoms with van der Waals surface area (Å²) in [6, 6.07) is 35.1. The summed E-state index contributed by atoms with van der Waals surface area (Å²) in [6.07, 6.45) is 13.0. The Labute approximate surface area is 228 Å². The van der Waals surface area contributed by atoms with E-state index in [1.54, 1.807) is 0 Å². The van der Waals surface area contributed by atoms with Gasteiger partial charge >= 0.3 is 0 Å². The summed E-state index contributed by atoms with van der Waals surface area (Å²) in [7, 11) is -3.34. The average molecular weight is 523 g/mol. The maximum absolute atomic E-state index is 4.75. The molecule has 5 rings (SSSR count). The lowest BCUT2D eigenvalue weighted by atomic mass is 9.99. The van der Waals surface area contributed by atoms with Crippen LogP contribution < -0.4 is 15.6 Å². The molecule has 0 saturated heterocycles. The predicted octanol–water partition coefficient (Wildman–Crippen LogP) is 8.32. The first kappa shape index (κ1) is 26.4. The van der Waals surface area contributed by atoms with Gasteiger partial charge in [-0.15, -0.1) is 6.58 Å². The standard InChI is InChI=1S/C35H46Si2/c1-29(23-24-30-25-26-35(27-30)36(2,3)31-15-13-14-16-31)28-37(32-17-7-4-8-18-32,33-19-9-5-10-20-33)34-21-11-6-12-22-34/h4-12,17-22,30-31,35H,1,13-16,23-28H2,2-3H3. The second kappa shape index (κ2) is 11.7. The lowest BCUT2D eigenvalue weighted by molar-refractivity contribution is 0.501. The number of hydrogen-bond acceptors (Lipinski definition) is 0. The Kier molecular flexibility index (Phi) is 8.36. The molecule has 0 spiro atoms. The van der Waals surface area contributed by atoms with Gasteiger partial charge in [-0.25, -0.2) is 0 Å². The van der Waals surface area contributed by atoms with Crippen LogP contribution in [0.5, 0.6) is 0 Å². The van der Waals surface area contributed by atoms with Crippen molar-refractivity contribution in [3.63, 3.8) is 0 Å². The molecule has 2 fully saturated rings. The summed E-state index contributed by atoms with van der Waals surface area (Å²) in [5.41, 5.74) is 3.61. The van der Waals surface area contributed by atoms with Gasteiger partial charge in [-0.2, -0.15) is 0 Å². The number of benzene rings is 3. The molecule has 2 unspecified atom stereocenters. The van der Waals surface area contributed by atoms with Gasteiger partial charge in [-0.3, -0.25) is 0 Å². The molecular weight excluding hydrogens is 477 g/mol. The van der Waals surface area contributed by atoms with Crippen LogP contribution in [0.2, 0.25) is 30.2 Å². The van der Waals surface area contributed by atoms with Crippen molar-refractivity contribution in [1.29, 1.82) is 0 Å². The van der Waals surface area contributed by atoms with Gasteiger partial charge in [0.15, 0.2) is 8.07 Å². The lowest BCUT2D eigenvalue weighted by Gasteiger charge is -2.36. The first-order valence-electron chi connectivity index (χ1n) is 14.8. The summed E-state index contributed by atoms with van der Waals surface area (Å²) < 4.78 is 0. The van der Waals surface area contributed by atoms with Crippen molar-refractivity contribution in [1.82, 2.24) is 0 Å². The summed E-state index contributed by atoms with van der Waals surface area (Å²) >= 11 is 0. The van der Waals surface area contributed by atoms with E-state index in [0.29, 0.717) is 0 Å². The highest BCUT2D eigenvalue weighted by atomic mass is 28.3. The molecule has 2 aliphatic rings. The molecule has 0 aromatic heterocycles. The molecule has 0 aliphatic heterocycles.